The molecule has 1 aliphatic heterocycles. The van der Waals surface area contributed by atoms with Gasteiger partial charge in [0.1, 0.15) is 0 Å². The number of hydrogen-bond donors (Lipinski definition) is 2. The Labute approximate surface area is 91.6 Å². The van der Waals surface area contributed by atoms with Crippen LogP contribution in [-0.4, -0.2) is 24.3 Å². The lowest BCUT2D eigenvalue weighted by Crippen LogP contribution is -2.22. The number of hydrogen-bond acceptors (Lipinski definition) is 3. The topological polar surface area (TPSA) is 49.5 Å². The molecule has 3 nitrogen and oxygen atoms in total. The van der Waals surface area contributed by atoms with E-state index in [9.17, 15) is 5.11 Å². The third-order valence-corrected chi connectivity index (χ3v) is 2.99. The Morgan fingerprint density at radius 1 is 1.50 bits per heavy atom. The highest BCUT2D eigenvalue weighted by Crippen LogP contribution is 2.29. The number of nitrogens with zero attached hydrogens (tertiary/aromatic N) is 1. The van der Waals surface area contributed by atoms with Crippen molar-refractivity contribution in [1.29, 1.82) is 0 Å². The van der Waals surface area contributed by atoms with Gasteiger partial charge in [0.05, 0.1) is 17.5 Å². The van der Waals surface area contributed by atoms with E-state index >= 15 is 0 Å². The van der Waals surface area contributed by atoms with E-state index in [-0.39, 0.29) is 6.10 Å². The molecule has 76 valence electrons. The molecule has 1 heterocycles. The fourth-order valence-electron chi connectivity index (χ4n) is 1.75. The van der Waals surface area contributed by atoms with Gasteiger partial charge in [-0.2, -0.15) is 0 Å². The number of nitrogens with two attached hydrogens (primary N) is 1. The minimum absolute atomic E-state index is 0.214. The van der Waals surface area contributed by atoms with Gasteiger partial charge in [-0.25, -0.2) is 0 Å². The smallest absolute Gasteiger partial charge is 0.0731 e. The molecule has 1 atom stereocenters. The molecular weight excluding hydrogens is 244 g/mol. The van der Waals surface area contributed by atoms with Crippen LogP contribution in [-0.2, 0) is 0 Å². The molecule has 1 aliphatic rings. The van der Waals surface area contributed by atoms with Gasteiger partial charge in [0, 0.05) is 17.6 Å². The van der Waals surface area contributed by atoms with Crippen LogP contribution in [0.3, 0.4) is 0 Å². The number of aliphatic hydroxyl groups is 1. The van der Waals surface area contributed by atoms with E-state index in [2.05, 4.69) is 20.8 Å². The average molecular weight is 257 g/mol. The standard InChI is InChI=1S/C10H13BrN2O/c11-7-1-2-9(12)10(5-7)13-4-3-8(14)6-13/h1-2,5,8,14H,3-4,6,12H2/t8-/m1/s1. The van der Waals surface area contributed by atoms with Gasteiger partial charge < -0.3 is 15.7 Å². The number of rotatable bonds is 1. The monoisotopic (exact) mass is 256 g/mol. The van der Waals surface area contributed by atoms with Crippen molar-refractivity contribution in [2.24, 2.45) is 0 Å². The molecule has 0 aromatic heterocycles. The molecule has 0 aliphatic carbocycles. The van der Waals surface area contributed by atoms with Crippen molar-refractivity contribution in [2.75, 3.05) is 23.7 Å². The molecule has 0 saturated carbocycles. The summed E-state index contributed by atoms with van der Waals surface area (Å²) in [6.45, 7) is 1.56. The molecule has 4 heteroatoms. The van der Waals surface area contributed by atoms with Crippen molar-refractivity contribution in [1.82, 2.24) is 0 Å². The van der Waals surface area contributed by atoms with Gasteiger partial charge in [0.2, 0.25) is 0 Å². The molecule has 0 spiro atoms. The first-order chi connectivity index (χ1) is 6.66. The highest BCUT2D eigenvalue weighted by molar-refractivity contribution is 9.10. The van der Waals surface area contributed by atoms with Crippen molar-refractivity contribution in [3.05, 3.63) is 22.7 Å². The SMILES string of the molecule is Nc1ccc(Br)cc1N1CC[C@@H](O)C1. The summed E-state index contributed by atoms with van der Waals surface area (Å²) in [6, 6.07) is 5.79. The van der Waals surface area contributed by atoms with Gasteiger partial charge in [0.25, 0.3) is 0 Å². The van der Waals surface area contributed by atoms with Crippen LogP contribution >= 0.6 is 15.9 Å². The third-order valence-electron chi connectivity index (χ3n) is 2.50. The minimum atomic E-state index is -0.214. The number of aliphatic hydroxyl groups excluding tert-OH is 1. The molecule has 0 radical (unpaired) electrons. The Morgan fingerprint density at radius 2 is 2.29 bits per heavy atom. The van der Waals surface area contributed by atoms with Crippen LogP contribution in [0.25, 0.3) is 0 Å². The van der Waals surface area contributed by atoms with E-state index in [4.69, 9.17) is 5.73 Å². The largest absolute Gasteiger partial charge is 0.397 e. The number of nitrogen functional groups attached to an aromatic ring is 1. The maximum atomic E-state index is 9.43. The molecular formula is C10H13BrN2O. The van der Waals surface area contributed by atoms with E-state index in [0.29, 0.717) is 6.54 Å². The molecule has 1 aromatic rings. The van der Waals surface area contributed by atoms with Crippen molar-refractivity contribution in [3.8, 4) is 0 Å². The summed E-state index contributed by atoms with van der Waals surface area (Å²) in [4.78, 5) is 2.12. The van der Waals surface area contributed by atoms with E-state index < -0.39 is 0 Å². The highest BCUT2D eigenvalue weighted by atomic mass is 79.9. The molecule has 0 unspecified atom stereocenters. The first-order valence-electron chi connectivity index (χ1n) is 4.65. The van der Waals surface area contributed by atoms with Gasteiger partial charge in [-0.1, -0.05) is 15.9 Å². The zero-order valence-corrected chi connectivity index (χ0v) is 9.37. The van der Waals surface area contributed by atoms with E-state index in [0.717, 1.165) is 28.8 Å². The van der Waals surface area contributed by atoms with Crippen molar-refractivity contribution < 1.29 is 5.11 Å². The molecule has 1 fully saturated rings. The normalized spacial score (nSPS) is 21.6. The van der Waals surface area contributed by atoms with Crippen LogP contribution < -0.4 is 10.6 Å². The number of halogens is 1. The van der Waals surface area contributed by atoms with Crippen LogP contribution in [0.4, 0.5) is 11.4 Å². The summed E-state index contributed by atoms with van der Waals surface area (Å²) in [6.07, 6.45) is 0.611. The van der Waals surface area contributed by atoms with Crippen LogP contribution in [0.2, 0.25) is 0 Å². The van der Waals surface area contributed by atoms with Crippen LogP contribution in [0, 0.1) is 0 Å². The Balaban J connectivity index is 2.27. The van der Waals surface area contributed by atoms with Crippen LogP contribution in [0.1, 0.15) is 6.42 Å². The molecule has 3 N–H and O–H groups in total. The van der Waals surface area contributed by atoms with Crippen LogP contribution in [0.15, 0.2) is 22.7 Å². The van der Waals surface area contributed by atoms with Gasteiger partial charge >= 0.3 is 0 Å². The Bertz CT molecular complexity index is 343. The van der Waals surface area contributed by atoms with Crippen molar-refractivity contribution in [3.63, 3.8) is 0 Å². The number of benzene rings is 1. The summed E-state index contributed by atoms with van der Waals surface area (Å²) in [5.74, 6) is 0. The molecule has 0 bridgehead atoms. The molecule has 1 saturated heterocycles. The quantitative estimate of drug-likeness (QED) is 0.751. The fourth-order valence-corrected chi connectivity index (χ4v) is 2.10. The highest BCUT2D eigenvalue weighted by Gasteiger charge is 2.21. The van der Waals surface area contributed by atoms with E-state index in [1.165, 1.54) is 0 Å². The zero-order valence-electron chi connectivity index (χ0n) is 7.78. The van der Waals surface area contributed by atoms with E-state index in [1.807, 2.05) is 18.2 Å². The predicted octanol–water partition coefficient (Wildman–Crippen LogP) is 1.60. The Morgan fingerprint density at radius 3 is 2.93 bits per heavy atom. The first kappa shape index (κ1) is 9.80. The van der Waals surface area contributed by atoms with Crippen LogP contribution in [0.5, 0.6) is 0 Å². The second kappa shape index (κ2) is 3.79. The van der Waals surface area contributed by atoms with Gasteiger partial charge in [0.15, 0.2) is 0 Å². The maximum absolute atomic E-state index is 9.43. The predicted molar refractivity (Wildman–Crippen MR) is 61.4 cm³/mol. The lowest BCUT2D eigenvalue weighted by molar-refractivity contribution is 0.198. The Hall–Kier alpha value is -0.740. The van der Waals surface area contributed by atoms with Gasteiger partial charge in [-0.05, 0) is 24.6 Å². The molecule has 2 rings (SSSR count). The number of β-amino-alcohol motifs (C(OH)–C–C–N with tert-alkyl or cyclic N) is 1. The second-order valence-electron chi connectivity index (χ2n) is 3.59. The first-order valence-corrected chi connectivity index (χ1v) is 5.44. The summed E-state index contributed by atoms with van der Waals surface area (Å²) in [5.41, 5.74) is 7.65. The molecule has 0 amide bonds. The van der Waals surface area contributed by atoms with Crippen molar-refractivity contribution in [2.45, 2.75) is 12.5 Å². The van der Waals surface area contributed by atoms with Gasteiger partial charge in [-0.3, -0.25) is 0 Å². The third kappa shape index (κ3) is 1.86. The molecule has 1 aromatic carbocycles. The Kier molecular flexibility index (Phi) is 2.65. The average Bonchev–Trinajstić information content (AvgIpc) is 2.56. The summed E-state index contributed by atoms with van der Waals surface area (Å²) >= 11 is 3.41. The lowest BCUT2D eigenvalue weighted by atomic mass is 10.2. The summed E-state index contributed by atoms with van der Waals surface area (Å²) < 4.78 is 1.02. The van der Waals surface area contributed by atoms with E-state index in [1.54, 1.807) is 0 Å². The summed E-state index contributed by atoms with van der Waals surface area (Å²) in [7, 11) is 0. The fraction of sp³-hybridized carbons (Fsp3) is 0.400. The lowest BCUT2D eigenvalue weighted by Gasteiger charge is -2.19. The maximum Gasteiger partial charge on any atom is 0.0731 e. The van der Waals surface area contributed by atoms with Gasteiger partial charge in [-0.15, -0.1) is 0 Å². The second-order valence-corrected chi connectivity index (χ2v) is 4.51. The number of anilines is 2. The van der Waals surface area contributed by atoms with Crippen molar-refractivity contribution >= 4 is 27.3 Å². The molecule has 14 heavy (non-hydrogen) atoms. The summed E-state index contributed by atoms with van der Waals surface area (Å²) in [5, 5.41) is 9.43. The minimum Gasteiger partial charge on any atom is -0.397 e. The zero-order chi connectivity index (χ0) is 10.1.